The number of aromatic nitrogens is 1. The molecule has 2 N–H and O–H groups in total. The monoisotopic (exact) mass is 500 g/mol. The minimum Gasteiger partial charge on any atom is -0.515 e. The van der Waals surface area contributed by atoms with E-state index in [0.29, 0.717) is 18.6 Å². The lowest BCUT2D eigenvalue weighted by atomic mass is 9.75. The molecular weight excluding hydrogens is 460 g/mol. The average molecular weight is 501 g/mol. The smallest absolute Gasteiger partial charge is 0.337 e. The Labute approximate surface area is 209 Å². The molecule has 3 atom stereocenters. The summed E-state index contributed by atoms with van der Waals surface area (Å²) in [6.07, 6.45) is 2.59. The van der Waals surface area contributed by atoms with E-state index in [9.17, 15) is 9.90 Å². The Morgan fingerprint density at radius 3 is 2.66 bits per heavy atom. The number of H-pyrrole nitrogens is 1. The zero-order chi connectivity index (χ0) is 25.5. The van der Waals surface area contributed by atoms with Gasteiger partial charge in [-0.25, -0.2) is 4.79 Å². The van der Waals surface area contributed by atoms with Crippen molar-refractivity contribution in [2.45, 2.75) is 57.8 Å². The van der Waals surface area contributed by atoms with E-state index in [0.717, 1.165) is 42.4 Å². The van der Waals surface area contributed by atoms with Crippen molar-refractivity contribution in [2.24, 2.45) is 11.8 Å². The third-order valence-electron chi connectivity index (χ3n) is 8.50. The molecule has 2 aliphatic rings. The van der Waals surface area contributed by atoms with E-state index >= 15 is 0 Å². The number of benzene rings is 1. The second-order valence-corrected chi connectivity index (χ2v) is 16.2. The number of carbonyl (C=O) groups is 1. The highest BCUT2D eigenvalue weighted by atomic mass is 28.4. The number of rotatable bonds is 6. The maximum Gasteiger partial charge on any atom is 0.337 e. The molecule has 1 aromatic heterocycles. The lowest BCUT2D eigenvalue weighted by Gasteiger charge is -2.47. The van der Waals surface area contributed by atoms with Gasteiger partial charge in [-0.1, -0.05) is 26.8 Å². The van der Waals surface area contributed by atoms with Crippen molar-refractivity contribution in [3.05, 3.63) is 41.3 Å². The molecule has 1 fully saturated rings. The molecule has 0 aliphatic carbocycles. The van der Waals surface area contributed by atoms with Crippen molar-refractivity contribution < 1.29 is 23.8 Å². The minimum atomic E-state index is -1.97. The first-order chi connectivity index (χ1) is 16.5. The number of nitrogens with zero attached hydrogens (tertiary/aromatic N) is 1. The number of carbonyl (C=O) groups excluding carboxylic acids is 1. The summed E-state index contributed by atoms with van der Waals surface area (Å²) in [5, 5.41) is 11.3. The number of methoxy groups -OCH3 is 2. The van der Waals surface area contributed by atoms with Crippen molar-refractivity contribution in [3.63, 3.8) is 0 Å². The molecule has 0 saturated carbocycles. The van der Waals surface area contributed by atoms with Crippen LogP contribution in [0.15, 0.2) is 30.0 Å². The van der Waals surface area contributed by atoms with E-state index in [-0.39, 0.29) is 22.9 Å². The second kappa shape index (κ2) is 9.63. The van der Waals surface area contributed by atoms with Gasteiger partial charge in [0.1, 0.15) is 5.75 Å². The van der Waals surface area contributed by atoms with Gasteiger partial charge in [0.2, 0.25) is 0 Å². The molecule has 4 rings (SSSR count). The topological polar surface area (TPSA) is 84.0 Å². The summed E-state index contributed by atoms with van der Waals surface area (Å²) in [5.41, 5.74) is 3.88. The fourth-order valence-electron chi connectivity index (χ4n) is 5.46. The van der Waals surface area contributed by atoms with E-state index < -0.39 is 14.3 Å². The molecule has 0 bridgehead atoms. The molecule has 7 nitrogen and oxygen atoms in total. The molecule has 2 aromatic rings. The van der Waals surface area contributed by atoms with Crippen molar-refractivity contribution >= 4 is 25.2 Å². The summed E-state index contributed by atoms with van der Waals surface area (Å²) < 4.78 is 17.3. The summed E-state index contributed by atoms with van der Waals surface area (Å²) in [7, 11) is 1.11. The fourth-order valence-corrected chi connectivity index (χ4v) is 6.52. The Bertz CT molecular complexity index is 1120. The van der Waals surface area contributed by atoms with Crippen molar-refractivity contribution in [3.8, 4) is 5.75 Å². The first-order valence-electron chi connectivity index (χ1n) is 12.5. The van der Waals surface area contributed by atoms with E-state index in [2.05, 4.69) is 49.8 Å². The van der Waals surface area contributed by atoms with Crippen LogP contribution in [0, 0.1) is 11.8 Å². The molecule has 2 aliphatic heterocycles. The van der Waals surface area contributed by atoms with Crippen LogP contribution in [0.1, 0.15) is 44.5 Å². The summed E-state index contributed by atoms with van der Waals surface area (Å²) in [4.78, 5) is 18.8. The van der Waals surface area contributed by atoms with Gasteiger partial charge < -0.3 is 24.0 Å². The summed E-state index contributed by atoms with van der Waals surface area (Å²) >= 11 is 0. The molecule has 0 spiro atoms. The second-order valence-electron chi connectivity index (χ2n) is 11.4. The number of aromatic amines is 1. The predicted molar refractivity (Wildman–Crippen MR) is 140 cm³/mol. The number of aliphatic hydroxyl groups is 1. The number of hydrogen-bond acceptors (Lipinski definition) is 6. The van der Waals surface area contributed by atoms with E-state index in [4.69, 9.17) is 13.9 Å². The zero-order valence-corrected chi connectivity index (χ0v) is 23.1. The van der Waals surface area contributed by atoms with Gasteiger partial charge >= 0.3 is 5.97 Å². The van der Waals surface area contributed by atoms with Crippen LogP contribution in [0.3, 0.4) is 0 Å². The van der Waals surface area contributed by atoms with Gasteiger partial charge in [0.25, 0.3) is 0 Å². The van der Waals surface area contributed by atoms with E-state index in [1.54, 1.807) is 7.11 Å². The number of aliphatic hydroxyl groups excluding tert-OH is 1. The van der Waals surface area contributed by atoms with Crippen molar-refractivity contribution in [1.29, 1.82) is 0 Å². The largest absolute Gasteiger partial charge is 0.515 e. The van der Waals surface area contributed by atoms with Crippen LogP contribution in [0.5, 0.6) is 5.75 Å². The SMILES string of the molecule is COC(=O)/C(=C\O)[C@H]1C[C@H]2c3[nH]c4cccc(OC)c4c3CCN2C[C@H]1CO[Si](C)(C)C(C)(C)C. The quantitative estimate of drug-likeness (QED) is 0.241. The van der Waals surface area contributed by atoms with Crippen LogP contribution in [-0.2, 0) is 20.4 Å². The summed E-state index contributed by atoms with van der Waals surface area (Å²) in [6, 6.07) is 6.21. The first-order valence-corrected chi connectivity index (χ1v) is 15.4. The summed E-state index contributed by atoms with van der Waals surface area (Å²) in [6.45, 7) is 13.5. The van der Waals surface area contributed by atoms with Crippen LogP contribution >= 0.6 is 0 Å². The standard InChI is InChI=1S/C27H40N2O5Si/c1-27(2,3)35(6,7)34-16-17-14-29-12-11-18-24-21(9-8-10-23(24)32-4)28-25(18)22(29)13-19(17)20(15-30)26(31)33-5/h8-10,15,17,19,22,28,30H,11-14,16H2,1-7H3/b20-15-/t17-,19-,22-/m0/s1. The molecule has 192 valence electrons. The highest BCUT2D eigenvalue weighted by Gasteiger charge is 2.45. The lowest BCUT2D eigenvalue weighted by molar-refractivity contribution is -0.137. The molecule has 8 heteroatoms. The predicted octanol–water partition coefficient (Wildman–Crippen LogP) is 5.35. The lowest BCUT2D eigenvalue weighted by Crippen LogP contribution is -2.50. The van der Waals surface area contributed by atoms with Crippen molar-refractivity contribution in [1.82, 2.24) is 9.88 Å². The van der Waals surface area contributed by atoms with Crippen LogP contribution in [0.4, 0.5) is 0 Å². The molecule has 0 radical (unpaired) electrons. The maximum atomic E-state index is 12.7. The molecule has 0 amide bonds. The minimum absolute atomic E-state index is 0.0818. The Hall–Kier alpha value is -2.29. The Kier molecular flexibility index (Phi) is 7.10. The number of hydrogen-bond donors (Lipinski definition) is 2. The van der Waals surface area contributed by atoms with Gasteiger partial charge in [-0.15, -0.1) is 0 Å². The average Bonchev–Trinajstić information content (AvgIpc) is 3.21. The number of esters is 1. The van der Waals surface area contributed by atoms with Gasteiger partial charge in [-0.3, -0.25) is 4.90 Å². The fraction of sp³-hybridized carbons (Fsp3) is 0.593. The number of ether oxygens (including phenoxy) is 2. The van der Waals surface area contributed by atoms with Gasteiger partial charge in [-0.05, 0) is 48.7 Å². The third kappa shape index (κ3) is 4.63. The van der Waals surface area contributed by atoms with E-state index in [1.165, 1.54) is 18.4 Å². The molecule has 1 saturated heterocycles. The third-order valence-corrected chi connectivity index (χ3v) is 13.0. The first kappa shape index (κ1) is 25.8. The van der Waals surface area contributed by atoms with Crippen LogP contribution < -0.4 is 4.74 Å². The molecule has 0 unspecified atom stereocenters. The molecule has 3 heterocycles. The van der Waals surface area contributed by atoms with Crippen LogP contribution in [-0.4, -0.2) is 63.2 Å². The van der Waals surface area contributed by atoms with Crippen LogP contribution in [0.2, 0.25) is 18.1 Å². The molecule has 35 heavy (non-hydrogen) atoms. The highest BCUT2D eigenvalue weighted by Crippen LogP contribution is 2.47. The Balaban J connectivity index is 1.69. The Morgan fingerprint density at radius 2 is 2.03 bits per heavy atom. The van der Waals surface area contributed by atoms with E-state index in [1.807, 2.05) is 12.1 Å². The highest BCUT2D eigenvalue weighted by molar-refractivity contribution is 6.74. The van der Waals surface area contributed by atoms with Crippen molar-refractivity contribution in [2.75, 3.05) is 33.9 Å². The van der Waals surface area contributed by atoms with Gasteiger partial charge in [0.15, 0.2) is 8.32 Å². The summed E-state index contributed by atoms with van der Waals surface area (Å²) in [5.74, 6) is 0.320. The van der Waals surface area contributed by atoms with Gasteiger partial charge in [0, 0.05) is 48.1 Å². The van der Waals surface area contributed by atoms with Gasteiger partial charge in [-0.2, -0.15) is 0 Å². The Morgan fingerprint density at radius 1 is 1.29 bits per heavy atom. The maximum absolute atomic E-state index is 12.7. The number of piperidine rings is 1. The normalized spacial score (nSPS) is 23.6. The zero-order valence-electron chi connectivity index (χ0n) is 22.1. The number of nitrogens with one attached hydrogen (secondary N) is 1. The molecular formula is C27H40N2O5Si. The molecule has 1 aromatic carbocycles. The van der Waals surface area contributed by atoms with Crippen LogP contribution in [0.25, 0.3) is 10.9 Å². The number of fused-ring (bicyclic) bond motifs is 5. The van der Waals surface area contributed by atoms with Gasteiger partial charge in [0.05, 0.1) is 32.1 Å².